The number of fused-ring (bicyclic) bond motifs is 2. The summed E-state index contributed by atoms with van der Waals surface area (Å²) in [5, 5.41) is 15.4. The number of H-pyrrole nitrogens is 1. The van der Waals surface area contributed by atoms with Gasteiger partial charge in [0.25, 0.3) is 11.6 Å². The van der Waals surface area contributed by atoms with E-state index in [1.807, 2.05) is 36.5 Å². The molecule has 4 aliphatic rings. The maximum Gasteiger partial charge on any atom is 0.293 e. The van der Waals surface area contributed by atoms with Crippen molar-refractivity contribution in [1.29, 1.82) is 0 Å². The lowest BCUT2D eigenvalue weighted by Crippen LogP contribution is -2.68. The van der Waals surface area contributed by atoms with Crippen molar-refractivity contribution in [2.45, 2.75) is 56.1 Å². The Morgan fingerprint density at radius 3 is 2.69 bits per heavy atom. The van der Waals surface area contributed by atoms with E-state index in [4.69, 9.17) is 14.2 Å². The number of benzene rings is 4. The zero-order valence-electron chi connectivity index (χ0n) is 36.2. The van der Waals surface area contributed by atoms with Crippen LogP contribution < -0.4 is 29.1 Å². The van der Waals surface area contributed by atoms with Crippen molar-refractivity contribution >= 4 is 46.0 Å². The quantitative estimate of drug-likeness (QED) is 0.0577. The van der Waals surface area contributed by atoms with E-state index in [1.54, 1.807) is 31.4 Å². The van der Waals surface area contributed by atoms with Gasteiger partial charge >= 0.3 is 0 Å². The number of piperazine rings is 1. The summed E-state index contributed by atoms with van der Waals surface area (Å²) in [6.45, 7) is 11.4. The molecule has 2 aromatic heterocycles. The predicted octanol–water partition coefficient (Wildman–Crippen LogP) is 9.16. The first-order valence-corrected chi connectivity index (χ1v) is 22.8. The summed E-state index contributed by atoms with van der Waals surface area (Å²) in [5.74, 6) is 2.67. The van der Waals surface area contributed by atoms with Gasteiger partial charge in [0.05, 0.1) is 16.7 Å². The normalized spacial score (nSPS) is 18.4. The van der Waals surface area contributed by atoms with E-state index < -0.39 is 4.92 Å². The van der Waals surface area contributed by atoms with Crippen LogP contribution in [0.5, 0.6) is 23.0 Å². The van der Waals surface area contributed by atoms with Gasteiger partial charge in [-0.25, -0.2) is 4.98 Å². The largest absolute Gasteiger partial charge is 0.486 e. The highest BCUT2D eigenvalue weighted by atomic mass is 32.2. The second-order valence-electron chi connectivity index (χ2n) is 17.7. The zero-order valence-corrected chi connectivity index (χ0v) is 37.0. The second-order valence-corrected chi connectivity index (χ2v) is 18.6. The molecule has 3 fully saturated rings. The molecule has 3 aliphatic heterocycles. The lowest BCUT2D eigenvalue weighted by atomic mass is 9.59. The Kier molecular flexibility index (Phi) is 11.3. The molecule has 10 rings (SSSR count). The van der Waals surface area contributed by atoms with Crippen LogP contribution in [0.15, 0.2) is 108 Å². The van der Waals surface area contributed by atoms with Crippen LogP contribution in [0.4, 0.5) is 17.1 Å². The number of aromatic nitrogens is 2. The standard InChI is InChI=1S/C49H52N8O6S/c1-31(2)38-8-4-5-9-39(38)43-28-54(27-33-7-6-10-44-46(33)62-20-19-61-44)17-18-56(43)35-24-49(25-35)29-55(30-49)34-11-13-40(45(22-34)63-36-21-32-15-16-51-47(32)52-26-36)48(58)53-64-37-12-14-41(50-3)42(23-37)57(59)60/h4-16,21-23,26,31,35,43,50H,17-20,24-25,27-30H2,1-3H3,(H,51,52)(H,53,58). The first-order chi connectivity index (χ1) is 31.1. The van der Waals surface area contributed by atoms with Gasteiger partial charge in [-0.15, -0.1) is 0 Å². The summed E-state index contributed by atoms with van der Waals surface area (Å²) in [4.78, 5) is 40.9. The fourth-order valence-electron chi connectivity index (χ4n) is 10.1. The molecule has 1 amide bonds. The summed E-state index contributed by atoms with van der Waals surface area (Å²) in [6.07, 6.45) is 5.74. The SMILES string of the molecule is CNc1ccc(SNC(=O)c2ccc(N3CC4(CC(N5CCN(Cc6cccc7c6OCCO7)CC5c5ccccc5C(C)C)C4)C3)cc2Oc2cnc3[nH]ccc3c2)cc1[N+](=O)[O-]. The predicted molar refractivity (Wildman–Crippen MR) is 249 cm³/mol. The summed E-state index contributed by atoms with van der Waals surface area (Å²) in [6, 6.07) is 30.4. The molecule has 1 spiro atoms. The number of carbonyl (C=O) groups is 1. The van der Waals surface area contributed by atoms with E-state index in [2.05, 4.69) is 85.0 Å². The Hall–Kier alpha value is -6.29. The fourth-order valence-corrected chi connectivity index (χ4v) is 10.7. The number of para-hydroxylation sites is 1. The molecule has 64 heavy (non-hydrogen) atoms. The van der Waals surface area contributed by atoms with Crippen molar-refractivity contribution in [3.05, 3.63) is 136 Å². The van der Waals surface area contributed by atoms with Crippen LogP contribution >= 0.6 is 11.9 Å². The third kappa shape index (κ3) is 8.19. The van der Waals surface area contributed by atoms with Crippen LogP contribution in [0.3, 0.4) is 0 Å². The molecule has 15 heteroatoms. The van der Waals surface area contributed by atoms with Gasteiger partial charge in [0.15, 0.2) is 11.5 Å². The second kappa shape index (κ2) is 17.4. The molecule has 5 heterocycles. The molecule has 1 saturated carbocycles. The van der Waals surface area contributed by atoms with Crippen molar-refractivity contribution < 1.29 is 23.9 Å². The maximum atomic E-state index is 13.8. The van der Waals surface area contributed by atoms with E-state index in [-0.39, 0.29) is 23.1 Å². The summed E-state index contributed by atoms with van der Waals surface area (Å²) in [5.41, 5.74) is 6.65. The van der Waals surface area contributed by atoms with Crippen molar-refractivity contribution in [3.8, 4) is 23.0 Å². The maximum absolute atomic E-state index is 13.8. The van der Waals surface area contributed by atoms with Crippen LogP contribution in [0.1, 0.15) is 65.7 Å². The number of nitro benzene ring substituents is 1. The first kappa shape index (κ1) is 41.7. The number of ether oxygens (including phenoxy) is 3. The molecule has 14 nitrogen and oxygen atoms in total. The number of anilines is 2. The molecular formula is C49H52N8O6S. The van der Waals surface area contributed by atoms with E-state index in [0.717, 1.165) is 92.3 Å². The van der Waals surface area contributed by atoms with E-state index in [9.17, 15) is 14.9 Å². The number of rotatable bonds is 13. The highest BCUT2D eigenvalue weighted by Crippen LogP contribution is 2.54. The molecule has 4 aromatic carbocycles. The molecule has 6 aromatic rings. The number of amides is 1. The van der Waals surface area contributed by atoms with Gasteiger partial charge in [-0.1, -0.05) is 50.2 Å². The van der Waals surface area contributed by atoms with Crippen molar-refractivity contribution in [2.24, 2.45) is 5.41 Å². The molecule has 330 valence electrons. The molecule has 1 unspecified atom stereocenters. The Bertz CT molecular complexity index is 2710. The van der Waals surface area contributed by atoms with E-state index in [1.165, 1.54) is 22.8 Å². The first-order valence-electron chi connectivity index (χ1n) is 22.0. The Morgan fingerprint density at radius 2 is 1.86 bits per heavy atom. The number of nitrogens with zero attached hydrogens (tertiary/aromatic N) is 5. The topological polar surface area (TPSA) is 150 Å². The number of nitrogens with one attached hydrogen (secondary N) is 3. The average Bonchev–Trinajstić information content (AvgIpc) is 3.76. The van der Waals surface area contributed by atoms with Gasteiger partial charge in [-0.2, -0.15) is 0 Å². The van der Waals surface area contributed by atoms with Crippen LogP contribution in [0.2, 0.25) is 0 Å². The Morgan fingerprint density at radius 1 is 1.02 bits per heavy atom. The van der Waals surface area contributed by atoms with E-state index in [0.29, 0.717) is 52.8 Å². The highest BCUT2D eigenvalue weighted by Gasteiger charge is 2.55. The number of hydrogen-bond donors (Lipinski definition) is 3. The van der Waals surface area contributed by atoms with Crippen molar-refractivity contribution in [2.75, 3.05) is 63.2 Å². The van der Waals surface area contributed by atoms with Gasteiger partial charge in [-0.05, 0) is 84.3 Å². The van der Waals surface area contributed by atoms with Gasteiger partial charge in [0.2, 0.25) is 0 Å². The third-order valence-corrected chi connectivity index (χ3v) is 14.0. The number of pyridine rings is 1. The minimum Gasteiger partial charge on any atom is -0.486 e. The van der Waals surface area contributed by atoms with Gasteiger partial charge < -0.3 is 29.4 Å². The monoisotopic (exact) mass is 880 g/mol. The lowest BCUT2D eigenvalue weighted by molar-refractivity contribution is -0.384. The van der Waals surface area contributed by atoms with Crippen molar-refractivity contribution in [1.82, 2.24) is 24.5 Å². The summed E-state index contributed by atoms with van der Waals surface area (Å²) in [7, 11) is 1.63. The Labute approximate surface area is 376 Å². The zero-order chi connectivity index (χ0) is 44.0. The van der Waals surface area contributed by atoms with Crippen LogP contribution in [-0.4, -0.2) is 89.6 Å². The summed E-state index contributed by atoms with van der Waals surface area (Å²) < 4.78 is 21.4. The highest BCUT2D eigenvalue weighted by molar-refractivity contribution is 7.98. The van der Waals surface area contributed by atoms with Crippen molar-refractivity contribution in [3.63, 3.8) is 0 Å². The molecule has 3 N–H and O–H groups in total. The average molecular weight is 881 g/mol. The number of hydrogen-bond acceptors (Lipinski definition) is 12. The molecule has 0 bridgehead atoms. The van der Waals surface area contributed by atoms with Crippen LogP contribution in [-0.2, 0) is 6.54 Å². The number of nitro groups is 1. The van der Waals surface area contributed by atoms with E-state index >= 15 is 0 Å². The smallest absolute Gasteiger partial charge is 0.293 e. The van der Waals surface area contributed by atoms with Gasteiger partial charge in [0, 0.05) is 104 Å². The van der Waals surface area contributed by atoms with Crippen LogP contribution in [0, 0.1) is 15.5 Å². The fraction of sp³-hybridized carbons (Fsp3) is 0.347. The molecule has 0 radical (unpaired) electrons. The third-order valence-electron chi connectivity index (χ3n) is 13.3. The molecule has 1 atom stereocenters. The number of aromatic amines is 1. The summed E-state index contributed by atoms with van der Waals surface area (Å²) >= 11 is 1.02. The van der Waals surface area contributed by atoms with Crippen LogP contribution in [0.25, 0.3) is 11.0 Å². The lowest BCUT2D eigenvalue weighted by Gasteiger charge is -2.63. The van der Waals surface area contributed by atoms with Gasteiger partial charge in [0.1, 0.15) is 36.0 Å². The van der Waals surface area contributed by atoms with Gasteiger partial charge in [-0.3, -0.25) is 29.4 Å². The number of carbonyl (C=O) groups excluding carboxylic acids is 1. The molecule has 1 aliphatic carbocycles. The molecular weight excluding hydrogens is 829 g/mol. The minimum atomic E-state index is -0.447. The Balaban J connectivity index is 0.845. The molecule has 2 saturated heterocycles. The minimum absolute atomic E-state index is 0.0737.